The molecule has 22 heteroatoms. The largest absolute Gasteiger partial charge is 0.493 e. The van der Waals surface area contributed by atoms with Crippen LogP contribution >= 0.6 is 0 Å². The van der Waals surface area contributed by atoms with Gasteiger partial charge < -0.3 is 73.4 Å². The highest BCUT2D eigenvalue weighted by Gasteiger charge is 2.46. The highest BCUT2D eigenvalue weighted by atomic mass is 16.7. The second kappa shape index (κ2) is 20.1. The quantitative estimate of drug-likeness (QED) is 0.0828. The van der Waals surface area contributed by atoms with Crippen molar-refractivity contribution in [1.82, 2.24) is 9.80 Å². The Kier molecular flexibility index (Phi) is 14.2. The first-order chi connectivity index (χ1) is 33.0. The van der Waals surface area contributed by atoms with Crippen molar-refractivity contribution < 1.29 is 78.0 Å². The number of nitro benzene ring substituents is 1. The van der Waals surface area contributed by atoms with Gasteiger partial charge in [0, 0.05) is 37.6 Å². The fourth-order valence-corrected chi connectivity index (χ4v) is 9.08. The van der Waals surface area contributed by atoms with Gasteiger partial charge in [0.05, 0.1) is 73.5 Å². The normalized spacial score (nSPS) is 25.1. The average molecular weight is 962 g/mol. The van der Waals surface area contributed by atoms with E-state index >= 15 is 0 Å². The number of likely N-dealkylation sites (N-methyl/N-ethyl adjacent to an activating group) is 1. The van der Waals surface area contributed by atoms with E-state index in [0.29, 0.717) is 55.0 Å². The lowest BCUT2D eigenvalue weighted by Gasteiger charge is -2.34. The number of nitrogens with zero attached hydrogens (tertiary/aromatic N) is 5. The number of anilines is 2. The summed E-state index contributed by atoms with van der Waals surface area (Å²) in [7, 11) is 4.62. The number of ether oxygens (including phenoxy) is 7. The highest BCUT2D eigenvalue weighted by Crippen LogP contribution is 2.44. The molecule has 0 aliphatic carbocycles. The van der Waals surface area contributed by atoms with Crippen LogP contribution in [0.1, 0.15) is 72.2 Å². The minimum atomic E-state index is -1.71. The Hall–Kier alpha value is -6.69. The number of nitro groups is 1. The molecule has 22 nitrogen and oxygen atoms in total. The molecule has 3 amide bonds. The van der Waals surface area contributed by atoms with Crippen LogP contribution in [0.5, 0.6) is 28.7 Å². The minimum Gasteiger partial charge on any atom is -0.493 e. The van der Waals surface area contributed by atoms with Gasteiger partial charge in [0.1, 0.15) is 31.1 Å². The molecule has 0 saturated carbocycles. The molecule has 0 bridgehead atoms. The third kappa shape index (κ3) is 9.55. The van der Waals surface area contributed by atoms with E-state index in [2.05, 4.69) is 0 Å². The van der Waals surface area contributed by atoms with Crippen LogP contribution in [0.25, 0.3) is 0 Å². The van der Waals surface area contributed by atoms with E-state index in [1.807, 2.05) is 6.92 Å². The van der Waals surface area contributed by atoms with Crippen LogP contribution < -0.4 is 33.5 Å². The summed E-state index contributed by atoms with van der Waals surface area (Å²) in [4.78, 5) is 58.6. The predicted molar refractivity (Wildman–Crippen MR) is 242 cm³/mol. The molecule has 3 aromatic carbocycles. The fraction of sp³-hybridized carbons (Fsp3) is 0.468. The van der Waals surface area contributed by atoms with Gasteiger partial charge in [-0.25, -0.2) is 9.69 Å². The third-order valence-corrected chi connectivity index (χ3v) is 12.8. The number of unbranched alkanes of at least 4 members (excludes halogenated alkanes) is 2. The van der Waals surface area contributed by atoms with Gasteiger partial charge in [-0.2, -0.15) is 0 Å². The van der Waals surface area contributed by atoms with Gasteiger partial charge in [-0.1, -0.05) is 17.2 Å². The summed E-state index contributed by atoms with van der Waals surface area (Å²) in [5.41, 5.74) is 2.21. The Morgan fingerprint density at radius 3 is 1.90 bits per heavy atom. The highest BCUT2D eigenvalue weighted by molar-refractivity contribution is 6.06. The first-order valence-corrected chi connectivity index (χ1v) is 22.4. The van der Waals surface area contributed by atoms with Crippen molar-refractivity contribution in [3.8, 4) is 28.7 Å². The Morgan fingerprint density at radius 1 is 0.754 bits per heavy atom. The second-order valence-electron chi connectivity index (χ2n) is 17.5. The lowest BCUT2D eigenvalue weighted by Crippen LogP contribution is -2.54. The molecule has 5 aliphatic rings. The maximum atomic E-state index is 14.1. The summed E-state index contributed by atoms with van der Waals surface area (Å²) in [6.07, 6.45) is -3.92. The number of hydrogen-bond acceptors (Lipinski definition) is 18. The Morgan fingerprint density at radius 2 is 1.32 bits per heavy atom. The molecule has 0 aromatic heterocycles. The summed E-state index contributed by atoms with van der Waals surface area (Å²) in [6.45, 7) is 3.26. The van der Waals surface area contributed by atoms with E-state index in [1.54, 1.807) is 48.3 Å². The maximum absolute atomic E-state index is 14.1. The van der Waals surface area contributed by atoms with Gasteiger partial charge >= 0.3 is 11.8 Å². The predicted octanol–water partition coefficient (Wildman–Crippen LogP) is 3.54. The molecule has 0 spiro atoms. The number of rotatable bonds is 15. The van der Waals surface area contributed by atoms with Crippen molar-refractivity contribution in [1.29, 1.82) is 0 Å². The molecule has 0 radical (unpaired) electrons. The zero-order valence-corrected chi connectivity index (χ0v) is 38.6. The molecule has 5 heterocycles. The summed E-state index contributed by atoms with van der Waals surface area (Å²) < 4.78 is 39.9. The van der Waals surface area contributed by atoms with Crippen molar-refractivity contribution in [3.05, 3.63) is 92.8 Å². The van der Waals surface area contributed by atoms with Crippen LogP contribution in [0.4, 0.5) is 21.9 Å². The van der Waals surface area contributed by atoms with Crippen LogP contribution in [-0.4, -0.2) is 148 Å². The van der Waals surface area contributed by atoms with Gasteiger partial charge in [0.15, 0.2) is 35.0 Å². The van der Waals surface area contributed by atoms with Crippen LogP contribution in [0.3, 0.4) is 0 Å². The number of carbonyl (C=O) groups is 3. The van der Waals surface area contributed by atoms with Gasteiger partial charge in [-0.3, -0.25) is 19.7 Å². The number of carbonyl (C=O) groups excluding carboxylic acids is 3. The van der Waals surface area contributed by atoms with E-state index in [-0.39, 0.29) is 53.0 Å². The maximum Gasteiger partial charge on any atom is 0.416 e. The van der Waals surface area contributed by atoms with E-state index < -0.39 is 85.0 Å². The van der Waals surface area contributed by atoms with Crippen LogP contribution in [0.15, 0.2) is 66.0 Å². The number of aliphatic hydroxyl groups excluding tert-OH is 5. The molecule has 1 fully saturated rings. The zero-order valence-electron chi connectivity index (χ0n) is 38.6. The van der Waals surface area contributed by atoms with Gasteiger partial charge in [-0.15, -0.1) is 0 Å². The summed E-state index contributed by atoms with van der Waals surface area (Å²) >= 11 is 0. The summed E-state index contributed by atoms with van der Waals surface area (Å²) in [5, 5.41) is 65.1. The summed E-state index contributed by atoms with van der Waals surface area (Å²) in [6, 6.07) is 8.50. The van der Waals surface area contributed by atoms with Crippen LogP contribution in [0, 0.1) is 10.1 Å². The van der Waals surface area contributed by atoms with E-state index in [1.165, 1.54) is 43.4 Å². The number of methoxy groups -OCH3 is 2. The molecule has 370 valence electrons. The first kappa shape index (κ1) is 48.8. The van der Waals surface area contributed by atoms with Crippen molar-refractivity contribution in [2.24, 2.45) is 0 Å². The van der Waals surface area contributed by atoms with Crippen LogP contribution in [0.2, 0.25) is 0 Å². The molecule has 8 rings (SSSR count). The van der Waals surface area contributed by atoms with E-state index in [9.17, 15) is 50.0 Å². The standard InChI is InChI=1S/C47H55N5O17/c1-24-13-32-44(58)48(3)29-18-38(36(63-4)16-27(29)42(56)49(32)20-24)65-11-7-6-8-12-66-39-19-30-28(17-37(39)64-5)43(57)50-21-25(2)14-33(50)45(59)51(30)47(60)68-22-26-9-10-35(31(15-26)52(61)62)69-46-41(55)40(54)34(53)23-67-46/h9-10,15-21,32-34,40-41,44-46,53-55,58-59H,6-8,11-14,22-23H2,1-5H3/t32-,33-,34+,40-,41+,44-,45-,46-/m0/s1. The smallest absolute Gasteiger partial charge is 0.416 e. The molecular weight excluding hydrogens is 907 g/mol. The fourth-order valence-electron chi connectivity index (χ4n) is 9.08. The van der Waals surface area contributed by atoms with E-state index in [4.69, 9.17) is 33.2 Å². The lowest BCUT2D eigenvalue weighted by molar-refractivity contribution is -0.386. The molecule has 8 atom stereocenters. The van der Waals surface area contributed by atoms with Crippen molar-refractivity contribution in [3.63, 3.8) is 0 Å². The average Bonchev–Trinajstić information content (AvgIpc) is 3.90. The number of aliphatic hydroxyl groups is 5. The number of fused-ring (bicyclic) bond motifs is 4. The number of hydrogen-bond donors (Lipinski definition) is 5. The third-order valence-electron chi connectivity index (χ3n) is 12.8. The van der Waals surface area contributed by atoms with Gasteiger partial charge in [0.2, 0.25) is 6.29 Å². The molecule has 1 saturated heterocycles. The molecule has 5 aliphatic heterocycles. The molecular formula is C47H55N5O17. The first-order valence-electron chi connectivity index (χ1n) is 22.4. The molecule has 0 unspecified atom stereocenters. The minimum absolute atomic E-state index is 0.00768. The van der Waals surface area contributed by atoms with Gasteiger partial charge in [0.25, 0.3) is 11.8 Å². The number of amides is 3. The van der Waals surface area contributed by atoms with Crippen molar-refractivity contribution in [2.45, 2.75) is 102 Å². The lowest BCUT2D eigenvalue weighted by atomic mass is 10.1. The van der Waals surface area contributed by atoms with Crippen molar-refractivity contribution >= 4 is 35.0 Å². The Bertz CT molecular complexity index is 2550. The van der Waals surface area contributed by atoms with E-state index in [0.717, 1.165) is 22.1 Å². The Balaban J connectivity index is 0.934. The molecule has 3 aromatic rings. The monoisotopic (exact) mass is 961 g/mol. The Labute approximate surface area is 396 Å². The topological polar surface area (TPSA) is 273 Å². The number of benzene rings is 3. The molecule has 69 heavy (non-hydrogen) atoms. The van der Waals surface area contributed by atoms with Gasteiger partial charge in [-0.05, 0) is 69.7 Å². The summed E-state index contributed by atoms with van der Waals surface area (Å²) in [5.74, 6) is 0.0543. The zero-order chi connectivity index (χ0) is 49.4. The molecule has 5 N–H and O–H groups in total. The van der Waals surface area contributed by atoms with Crippen molar-refractivity contribution in [2.75, 3.05) is 50.9 Å². The van der Waals surface area contributed by atoms with Crippen LogP contribution in [-0.2, 0) is 16.1 Å². The SMILES string of the molecule is COc1cc2c(cc1OCCCCCOc1cc3c(cc1OC)C(=O)N1C=C(C)C[C@H]1[C@H](O)N3C(=O)OCc1ccc(O[C@@H]3OC[C@@H](O)[C@H](O)[C@H]3O)c([N+](=O)[O-])c1)N(C)[C@@H](O)[C@@H]1CC(C)=CN1C2=O. The second-order valence-corrected chi connectivity index (χ2v) is 17.5.